The van der Waals surface area contributed by atoms with Crippen LogP contribution in [0.25, 0.3) is 0 Å². The van der Waals surface area contributed by atoms with Gasteiger partial charge in [0.15, 0.2) is 0 Å². The highest BCUT2D eigenvalue weighted by Gasteiger charge is 2.45. The molecular formula is C70H128O14. The van der Waals surface area contributed by atoms with E-state index in [2.05, 4.69) is 83.1 Å². The van der Waals surface area contributed by atoms with Crippen molar-refractivity contribution in [1.82, 2.24) is 0 Å². The lowest BCUT2D eigenvalue weighted by Gasteiger charge is -2.32. The summed E-state index contributed by atoms with van der Waals surface area (Å²) in [6, 6.07) is 0. The molecule has 14 heteroatoms. The Hall–Kier alpha value is -3.26. The maximum atomic E-state index is 10.9. The number of hydrogen-bond acceptors (Lipinski definition) is 8. The van der Waals surface area contributed by atoms with Crippen molar-refractivity contribution in [2.45, 2.75) is 295 Å². The second-order valence-corrected chi connectivity index (χ2v) is 27.6. The van der Waals surface area contributed by atoms with Crippen molar-refractivity contribution >= 4 is 35.8 Å². The molecule has 6 saturated carbocycles. The second kappa shape index (κ2) is 41.1. The van der Waals surface area contributed by atoms with Crippen LogP contribution in [0.5, 0.6) is 0 Å². The zero-order valence-electron chi connectivity index (χ0n) is 55.6. The van der Waals surface area contributed by atoms with Crippen LogP contribution in [0.4, 0.5) is 0 Å². The Labute approximate surface area is 510 Å². The fourth-order valence-electron chi connectivity index (χ4n) is 16.8. The Morgan fingerprint density at radius 3 is 1.17 bits per heavy atom. The van der Waals surface area contributed by atoms with Gasteiger partial charge in [-0.1, -0.05) is 167 Å². The van der Waals surface area contributed by atoms with E-state index in [0.29, 0.717) is 77.9 Å². The molecule has 84 heavy (non-hydrogen) atoms. The summed E-state index contributed by atoms with van der Waals surface area (Å²) in [6.45, 7) is 29.7. The molecule has 492 valence electrons. The smallest absolute Gasteiger partial charge is 0.306 e. The molecule has 6 aliphatic rings. The molecule has 0 aliphatic heterocycles. The molecule has 0 spiro atoms. The summed E-state index contributed by atoms with van der Waals surface area (Å²) in [7, 11) is 0. The van der Waals surface area contributed by atoms with Crippen LogP contribution < -0.4 is 0 Å². The molecule has 6 fully saturated rings. The van der Waals surface area contributed by atoms with Gasteiger partial charge in [-0.15, -0.1) is 0 Å². The first-order valence-corrected chi connectivity index (χ1v) is 34.3. The van der Waals surface area contributed by atoms with Gasteiger partial charge in [-0.2, -0.15) is 0 Å². The Morgan fingerprint density at radius 1 is 0.405 bits per heavy atom. The van der Waals surface area contributed by atoms with Crippen molar-refractivity contribution in [3.8, 4) is 0 Å². The zero-order chi connectivity index (χ0) is 64.0. The maximum absolute atomic E-state index is 10.9. The Kier molecular flexibility index (Phi) is 38.5. The van der Waals surface area contributed by atoms with E-state index in [4.69, 9.17) is 30.6 Å². The van der Waals surface area contributed by atoms with Crippen molar-refractivity contribution in [2.24, 2.45) is 112 Å². The van der Waals surface area contributed by atoms with Crippen molar-refractivity contribution in [2.75, 3.05) is 0 Å². The fourth-order valence-corrected chi connectivity index (χ4v) is 16.8. The number of hydrogen-bond donors (Lipinski definition) is 8. The van der Waals surface area contributed by atoms with Gasteiger partial charge in [-0.05, 0) is 191 Å². The molecule has 8 N–H and O–H groups in total. The van der Waals surface area contributed by atoms with E-state index in [9.17, 15) is 39.0 Å². The van der Waals surface area contributed by atoms with Crippen molar-refractivity contribution in [1.29, 1.82) is 0 Å². The summed E-state index contributed by atoms with van der Waals surface area (Å²) < 4.78 is 0. The van der Waals surface area contributed by atoms with Gasteiger partial charge >= 0.3 is 35.8 Å². The molecule has 6 aliphatic carbocycles. The number of carbonyl (C=O) groups is 6. The van der Waals surface area contributed by atoms with Gasteiger partial charge in [0.25, 0.3) is 0 Å². The van der Waals surface area contributed by atoms with Crippen LogP contribution in [0.2, 0.25) is 0 Å². The standard InChI is InChI=1S/C13H24O3.C12H22O3.2C12H22O2.C11H20O2.C10H18O2/c1-4-9-6-10(5-2)11(7-9)13(3,16)8-12(14)15;1-3-8-5-9(4-2)10(6-8)11(13)7-12(14)15;1-4-9-6-10(5-2)11(7-9)8(3)12(13)14;1-3-9-7-10(4-2)11(8-9)5-6-12(13)14;1-3-8-5-9(4-2)10(6-8)7-11(12)13;1-3-7-5-8(4-2)9(6-7)10(11)12/h9-11,16H,4-8H2,1-3H3,(H,14,15);8-11,13H,3-7H2,1-2H3,(H,14,15);8-11H,4-7H2,1-3H3,(H,13,14);9-11H,3-8H2,1-2H3,(H,13,14);8-10H,3-7H2,1-2H3,(H,12,13);7-9H,3-6H2,1-2H3,(H,11,12). The minimum Gasteiger partial charge on any atom is -0.481 e. The summed E-state index contributed by atoms with van der Waals surface area (Å²) in [5, 5.41) is 73.0. The topological polar surface area (TPSA) is 264 Å². The Bertz CT molecular complexity index is 1870. The van der Waals surface area contributed by atoms with E-state index in [-0.39, 0.29) is 36.5 Å². The summed E-state index contributed by atoms with van der Waals surface area (Å²) in [4.78, 5) is 64.2. The molecule has 0 aromatic rings. The first-order chi connectivity index (χ1) is 39.6. The second-order valence-electron chi connectivity index (χ2n) is 27.6. The van der Waals surface area contributed by atoms with Crippen LogP contribution in [-0.4, -0.2) is 88.4 Å². The summed E-state index contributed by atoms with van der Waals surface area (Å²) in [5.41, 5.74) is -1.05. The lowest BCUT2D eigenvalue weighted by molar-refractivity contribution is -0.145. The van der Waals surface area contributed by atoms with E-state index in [0.717, 1.165) is 133 Å². The van der Waals surface area contributed by atoms with Crippen LogP contribution in [0.1, 0.15) is 283 Å². The predicted molar refractivity (Wildman–Crippen MR) is 336 cm³/mol. The van der Waals surface area contributed by atoms with Crippen LogP contribution in [0.15, 0.2) is 0 Å². The normalized spacial score (nSPS) is 33.6. The third-order valence-corrected chi connectivity index (χ3v) is 22.5. The van der Waals surface area contributed by atoms with E-state index < -0.39 is 47.5 Å². The highest BCUT2D eigenvalue weighted by Crippen LogP contribution is 2.48. The summed E-state index contributed by atoms with van der Waals surface area (Å²) in [5.74, 6) is 5.40. The Balaban J connectivity index is 0.000000505. The van der Waals surface area contributed by atoms with Crippen molar-refractivity contribution < 1.29 is 69.6 Å². The quantitative estimate of drug-likeness (QED) is 0.0401. The average molecular weight is 1190 g/mol. The third-order valence-electron chi connectivity index (χ3n) is 22.5. The summed E-state index contributed by atoms with van der Waals surface area (Å²) in [6.07, 6.45) is 28.2. The van der Waals surface area contributed by atoms with E-state index >= 15 is 0 Å². The van der Waals surface area contributed by atoms with E-state index in [1.54, 1.807) is 6.92 Å². The number of aliphatic carboxylic acids is 6. The predicted octanol–water partition coefficient (Wildman–Crippen LogP) is 16.9. The average Bonchev–Trinajstić information content (AvgIpc) is 4.44. The lowest BCUT2D eigenvalue weighted by atomic mass is 9.78. The van der Waals surface area contributed by atoms with Gasteiger partial charge in [0, 0.05) is 12.8 Å². The summed E-state index contributed by atoms with van der Waals surface area (Å²) >= 11 is 0. The number of carboxylic acid groups (broad SMARTS) is 6. The number of aliphatic hydroxyl groups excluding tert-OH is 1. The van der Waals surface area contributed by atoms with Gasteiger partial charge in [0.05, 0.1) is 36.4 Å². The number of aliphatic hydroxyl groups is 2. The molecule has 6 rings (SSSR count). The van der Waals surface area contributed by atoms with E-state index in [1.165, 1.54) is 51.4 Å². The maximum Gasteiger partial charge on any atom is 0.306 e. The van der Waals surface area contributed by atoms with E-state index in [1.807, 2.05) is 6.92 Å². The van der Waals surface area contributed by atoms with Gasteiger partial charge in [-0.3, -0.25) is 28.8 Å². The molecule has 0 saturated heterocycles. The molecule has 0 aromatic carbocycles. The van der Waals surface area contributed by atoms with Gasteiger partial charge in [-0.25, -0.2) is 0 Å². The molecule has 21 atom stereocenters. The molecule has 0 aromatic heterocycles. The minimum absolute atomic E-state index is 0.0556. The fraction of sp³-hybridized carbons (Fsp3) is 0.914. The van der Waals surface area contributed by atoms with Gasteiger partial charge in [0.1, 0.15) is 0 Å². The number of rotatable bonds is 26. The molecule has 0 bridgehead atoms. The van der Waals surface area contributed by atoms with Crippen LogP contribution in [0, 0.1) is 112 Å². The first kappa shape index (κ1) is 78.8. The van der Waals surface area contributed by atoms with Crippen LogP contribution in [-0.2, 0) is 28.8 Å². The zero-order valence-corrected chi connectivity index (χ0v) is 55.6. The largest absolute Gasteiger partial charge is 0.481 e. The van der Waals surface area contributed by atoms with Crippen LogP contribution in [0.3, 0.4) is 0 Å². The molecule has 21 unspecified atom stereocenters. The molecule has 0 heterocycles. The Morgan fingerprint density at radius 2 is 0.774 bits per heavy atom. The lowest BCUT2D eigenvalue weighted by Crippen LogP contribution is -2.38. The molecule has 14 nitrogen and oxygen atoms in total. The number of carboxylic acids is 6. The van der Waals surface area contributed by atoms with Crippen molar-refractivity contribution in [3.05, 3.63) is 0 Å². The highest BCUT2D eigenvalue weighted by molar-refractivity contribution is 5.71. The third kappa shape index (κ3) is 27.0. The molecule has 0 radical (unpaired) electrons. The monoisotopic (exact) mass is 1190 g/mol. The molecule has 0 amide bonds. The van der Waals surface area contributed by atoms with Crippen LogP contribution >= 0.6 is 0 Å². The first-order valence-electron chi connectivity index (χ1n) is 34.3. The van der Waals surface area contributed by atoms with Gasteiger partial charge < -0.3 is 40.9 Å². The van der Waals surface area contributed by atoms with Crippen molar-refractivity contribution in [3.63, 3.8) is 0 Å². The highest BCUT2D eigenvalue weighted by atomic mass is 16.4. The minimum atomic E-state index is -1.05. The molecular weight excluding hydrogens is 1060 g/mol. The van der Waals surface area contributed by atoms with Gasteiger partial charge in [0.2, 0.25) is 0 Å². The SMILES string of the molecule is CCC1CC(CC)C(C(=O)O)C1.CCC1CC(CC)C(C(C)(O)CC(=O)O)C1.CCC1CC(CC)C(C(C)C(=O)O)C1.CCC1CC(CC)C(C(O)CC(=O)O)C1.CCC1CC(CC)C(CC(=O)O)C1.CCC1CC(CC)C(CCC(=O)O)C1.